The molecule has 0 amide bonds. The Morgan fingerprint density at radius 2 is 1.69 bits per heavy atom. The number of hydrogen-bond acceptors (Lipinski definition) is 6. The van der Waals surface area contributed by atoms with Gasteiger partial charge in [-0.25, -0.2) is 4.98 Å². The van der Waals surface area contributed by atoms with E-state index >= 15 is 0 Å². The first-order chi connectivity index (χ1) is 13.8. The fourth-order valence-corrected chi connectivity index (χ4v) is 3.88. The van der Waals surface area contributed by atoms with E-state index in [1.807, 2.05) is 48.7 Å². The molecule has 2 aromatic carbocycles. The molecule has 1 fully saturated rings. The van der Waals surface area contributed by atoms with Gasteiger partial charge in [0.2, 0.25) is 0 Å². The van der Waals surface area contributed by atoms with Crippen LogP contribution in [0, 0.1) is 0 Å². The van der Waals surface area contributed by atoms with Gasteiger partial charge in [-0.15, -0.1) is 5.10 Å². The second kappa shape index (κ2) is 7.98. The molecule has 4 aromatic rings. The highest BCUT2D eigenvalue weighted by molar-refractivity contribution is 5.89. The molecule has 0 atom stereocenters. The number of anilines is 1. The van der Waals surface area contributed by atoms with Crippen molar-refractivity contribution >= 4 is 16.7 Å². The van der Waals surface area contributed by atoms with E-state index < -0.39 is 0 Å². The second-order valence-corrected chi connectivity index (χ2v) is 7.25. The standard InChI is InChI=1S/C22H22N6.H3N/c23-16-10-12-28(13-11-16)21-17(15-6-2-1-3-7-15)14-24-27-20(21)22-25-18-8-4-5-9-19(18)26-22;/h1-9,14,16H,10-13,23H2,(H,25,26);1H3. The molecule has 1 saturated heterocycles. The summed E-state index contributed by atoms with van der Waals surface area (Å²) in [4.78, 5) is 10.6. The van der Waals surface area contributed by atoms with Gasteiger partial charge in [-0.2, -0.15) is 5.10 Å². The summed E-state index contributed by atoms with van der Waals surface area (Å²) >= 11 is 0. The second-order valence-electron chi connectivity index (χ2n) is 7.25. The molecule has 0 saturated carbocycles. The van der Waals surface area contributed by atoms with E-state index in [2.05, 4.69) is 32.2 Å². The van der Waals surface area contributed by atoms with Crippen molar-refractivity contribution in [3.8, 4) is 22.6 Å². The van der Waals surface area contributed by atoms with Gasteiger partial charge in [0.1, 0.15) is 0 Å². The molecular weight excluding hydrogens is 362 g/mol. The van der Waals surface area contributed by atoms with Gasteiger partial charge in [-0.1, -0.05) is 42.5 Å². The SMILES string of the molecule is N.NC1CCN(c2c(-c3ccccc3)cnnc2-c2nc3ccccc3[nH]2)CC1. The molecule has 3 heterocycles. The zero-order valence-corrected chi connectivity index (χ0v) is 16.3. The lowest BCUT2D eigenvalue weighted by Gasteiger charge is -2.34. The lowest BCUT2D eigenvalue weighted by atomic mass is 10.00. The number of H-pyrrole nitrogens is 1. The molecular formula is C22H25N7. The van der Waals surface area contributed by atoms with Crippen molar-refractivity contribution in [3.05, 3.63) is 60.8 Å². The Balaban J connectivity index is 0.00000205. The number of para-hydroxylation sites is 2. The average Bonchev–Trinajstić information content (AvgIpc) is 3.19. The van der Waals surface area contributed by atoms with Gasteiger partial charge in [0.05, 0.1) is 22.9 Å². The number of benzene rings is 2. The van der Waals surface area contributed by atoms with Gasteiger partial charge in [0.25, 0.3) is 0 Å². The first-order valence-electron chi connectivity index (χ1n) is 9.66. The van der Waals surface area contributed by atoms with Gasteiger partial charge < -0.3 is 21.8 Å². The predicted molar refractivity (Wildman–Crippen MR) is 117 cm³/mol. The molecule has 6 N–H and O–H groups in total. The summed E-state index contributed by atoms with van der Waals surface area (Å²) in [6, 6.07) is 18.6. The summed E-state index contributed by atoms with van der Waals surface area (Å²) < 4.78 is 0. The van der Waals surface area contributed by atoms with Gasteiger partial charge in [0, 0.05) is 24.7 Å². The lowest BCUT2D eigenvalue weighted by molar-refractivity contribution is 0.501. The summed E-state index contributed by atoms with van der Waals surface area (Å²) in [5.74, 6) is 0.747. The molecule has 5 rings (SSSR count). The maximum Gasteiger partial charge on any atom is 0.161 e. The third kappa shape index (κ3) is 3.57. The Labute approximate surface area is 169 Å². The van der Waals surface area contributed by atoms with Crippen molar-refractivity contribution in [2.24, 2.45) is 5.73 Å². The molecule has 148 valence electrons. The summed E-state index contributed by atoms with van der Waals surface area (Å²) in [7, 11) is 0. The van der Waals surface area contributed by atoms with Crippen molar-refractivity contribution in [1.29, 1.82) is 0 Å². The summed E-state index contributed by atoms with van der Waals surface area (Å²) in [6.07, 6.45) is 3.79. The zero-order chi connectivity index (χ0) is 18.9. The van der Waals surface area contributed by atoms with E-state index in [0.717, 1.165) is 65.3 Å². The van der Waals surface area contributed by atoms with E-state index in [-0.39, 0.29) is 12.2 Å². The lowest BCUT2D eigenvalue weighted by Crippen LogP contribution is -2.40. The Kier molecular flexibility index (Phi) is 5.24. The molecule has 0 radical (unpaired) electrons. The molecule has 0 aliphatic carbocycles. The number of hydrogen-bond donors (Lipinski definition) is 3. The van der Waals surface area contributed by atoms with Crippen LogP contribution in [0.3, 0.4) is 0 Å². The highest BCUT2D eigenvalue weighted by Gasteiger charge is 2.25. The fourth-order valence-electron chi connectivity index (χ4n) is 3.88. The minimum absolute atomic E-state index is 0. The molecule has 7 nitrogen and oxygen atoms in total. The first-order valence-corrected chi connectivity index (χ1v) is 9.66. The van der Waals surface area contributed by atoms with Crippen LogP contribution in [0.5, 0.6) is 0 Å². The van der Waals surface area contributed by atoms with E-state index in [1.165, 1.54) is 0 Å². The monoisotopic (exact) mass is 387 g/mol. The largest absolute Gasteiger partial charge is 0.369 e. The normalized spacial score (nSPS) is 14.7. The minimum Gasteiger partial charge on any atom is -0.369 e. The van der Waals surface area contributed by atoms with Crippen LogP contribution in [0.4, 0.5) is 5.69 Å². The fraction of sp³-hybridized carbons (Fsp3) is 0.227. The Morgan fingerprint density at radius 3 is 2.45 bits per heavy atom. The number of aromatic amines is 1. The van der Waals surface area contributed by atoms with Crippen LogP contribution in [0.25, 0.3) is 33.7 Å². The maximum atomic E-state index is 6.15. The van der Waals surface area contributed by atoms with E-state index in [4.69, 9.17) is 10.7 Å². The number of nitrogens with two attached hydrogens (primary N) is 1. The zero-order valence-electron chi connectivity index (χ0n) is 16.3. The Bertz CT molecular complexity index is 1070. The van der Waals surface area contributed by atoms with Crippen LogP contribution in [0.15, 0.2) is 60.8 Å². The van der Waals surface area contributed by atoms with Crippen LogP contribution in [-0.2, 0) is 0 Å². The van der Waals surface area contributed by atoms with E-state index in [1.54, 1.807) is 0 Å². The molecule has 1 aliphatic rings. The van der Waals surface area contributed by atoms with Crippen LogP contribution < -0.4 is 16.8 Å². The minimum atomic E-state index is 0. The molecule has 2 aromatic heterocycles. The first kappa shape index (κ1) is 19.0. The smallest absolute Gasteiger partial charge is 0.161 e. The van der Waals surface area contributed by atoms with Crippen molar-refractivity contribution in [2.75, 3.05) is 18.0 Å². The van der Waals surface area contributed by atoms with Crippen LogP contribution >= 0.6 is 0 Å². The molecule has 0 unspecified atom stereocenters. The van der Waals surface area contributed by atoms with Crippen molar-refractivity contribution in [1.82, 2.24) is 26.3 Å². The highest BCUT2D eigenvalue weighted by atomic mass is 15.2. The molecule has 0 bridgehead atoms. The maximum absolute atomic E-state index is 6.15. The Hall–Kier alpha value is -3.29. The van der Waals surface area contributed by atoms with E-state index in [0.29, 0.717) is 0 Å². The van der Waals surface area contributed by atoms with Crippen molar-refractivity contribution in [2.45, 2.75) is 18.9 Å². The number of piperidine rings is 1. The van der Waals surface area contributed by atoms with Crippen LogP contribution in [-0.4, -0.2) is 39.3 Å². The molecule has 1 aliphatic heterocycles. The summed E-state index contributed by atoms with van der Waals surface area (Å²) in [6.45, 7) is 1.81. The number of nitrogens with one attached hydrogen (secondary N) is 1. The number of nitrogens with zero attached hydrogens (tertiary/aromatic N) is 4. The number of fused-ring (bicyclic) bond motifs is 1. The Morgan fingerprint density at radius 1 is 0.966 bits per heavy atom. The molecule has 7 heteroatoms. The number of rotatable bonds is 3. The quantitative estimate of drug-likeness (QED) is 0.492. The van der Waals surface area contributed by atoms with E-state index in [9.17, 15) is 0 Å². The number of imidazole rings is 1. The highest BCUT2D eigenvalue weighted by Crippen LogP contribution is 2.38. The average molecular weight is 387 g/mol. The van der Waals surface area contributed by atoms with Gasteiger partial charge >= 0.3 is 0 Å². The predicted octanol–water partition coefficient (Wildman–Crippen LogP) is 3.78. The van der Waals surface area contributed by atoms with Crippen molar-refractivity contribution in [3.63, 3.8) is 0 Å². The van der Waals surface area contributed by atoms with Crippen LogP contribution in [0.2, 0.25) is 0 Å². The number of aromatic nitrogens is 4. The topological polar surface area (TPSA) is 119 Å². The van der Waals surface area contributed by atoms with Crippen molar-refractivity contribution < 1.29 is 0 Å². The summed E-state index contributed by atoms with van der Waals surface area (Å²) in [5, 5.41) is 8.82. The third-order valence-electron chi connectivity index (χ3n) is 5.38. The molecule has 29 heavy (non-hydrogen) atoms. The summed E-state index contributed by atoms with van der Waals surface area (Å²) in [5.41, 5.74) is 12.1. The van der Waals surface area contributed by atoms with Gasteiger partial charge in [-0.05, 0) is 30.5 Å². The van der Waals surface area contributed by atoms with Gasteiger partial charge in [0.15, 0.2) is 11.5 Å². The molecule has 0 spiro atoms. The van der Waals surface area contributed by atoms with Gasteiger partial charge in [-0.3, -0.25) is 0 Å². The van der Waals surface area contributed by atoms with Crippen LogP contribution in [0.1, 0.15) is 12.8 Å². The third-order valence-corrected chi connectivity index (χ3v) is 5.38.